The Kier molecular flexibility index (Phi) is 2.36. The minimum atomic E-state index is 0.343. The van der Waals surface area contributed by atoms with Gasteiger partial charge in [-0.05, 0) is 13.0 Å². The number of rotatable bonds is 1. The van der Waals surface area contributed by atoms with Gasteiger partial charge >= 0.3 is 0 Å². The van der Waals surface area contributed by atoms with Gasteiger partial charge in [0.1, 0.15) is 5.76 Å². The zero-order chi connectivity index (χ0) is 8.27. The van der Waals surface area contributed by atoms with E-state index in [1.807, 2.05) is 19.1 Å². The molecule has 0 saturated heterocycles. The average molecular weight is 152 g/mol. The molecule has 0 aromatic rings. The van der Waals surface area contributed by atoms with E-state index < -0.39 is 0 Å². The van der Waals surface area contributed by atoms with Gasteiger partial charge in [-0.2, -0.15) is 0 Å². The van der Waals surface area contributed by atoms with E-state index in [-0.39, 0.29) is 0 Å². The van der Waals surface area contributed by atoms with Crippen LogP contribution >= 0.6 is 0 Å². The van der Waals surface area contributed by atoms with Gasteiger partial charge in [0.05, 0.1) is 12.9 Å². The Morgan fingerprint density at radius 2 is 2.18 bits per heavy atom. The van der Waals surface area contributed by atoms with E-state index in [0.29, 0.717) is 17.9 Å². The number of aliphatic hydroxyl groups excluding tert-OH is 1. The molecule has 0 aromatic carbocycles. The third-order valence-corrected chi connectivity index (χ3v) is 1.55. The van der Waals surface area contributed by atoms with Crippen LogP contribution in [0.2, 0.25) is 0 Å². The Morgan fingerprint density at radius 1 is 1.45 bits per heavy atom. The summed E-state index contributed by atoms with van der Waals surface area (Å²) in [6.45, 7) is 1.98. The van der Waals surface area contributed by atoms with Crippen LogP contribution in [0.4, 0.5) is 0 Å². The molecule has 0 aliphatic heterocycles. The molecule has 0 bridgehead atoms. The molecule has 0 amide bonds. The average Bonchev–Trinajstić information content (AvgIpc) is 2.13. The Bertz CT molecular complexity index is 234. The monoisotopic (exact) mass is 152 g/mol. The van der Waals surface area contributed by atoms with E-state index in [0.717, 1.165) is 5.57 Å². The largest absolute Gasteiger partial charge is 0.512 e. The fraction of sp³-hybridized carbons (Fsp3) is 0.333. The number of hydrogen-bond donors (Lipinski definition) is 1. The second kappa shape index (κ2) is 3.28. The van der Waals surface area contributed by atoms with Gasteiger partial charge < -0.3 is 9.84 Å². The summed E-state index contributed by atoms with van der Waals surface area (Å²) in [7, 11) is 1.59. The van der Waals surface area contributed by atoms with Crippen molar-refractivity contribution in [1.82, 2.24) is 0 Å². The van der Waals surface area contributed by atoms with Crippen molar-refractivity contribution >= 4 is 0 Å². The number of ether oxygens (including phenoxy) is 1. The maximum absolute atomic E-state index is 9.20. The summed E-state index contributed by atoms with van der Waals surface area (Å²) < 4.78 is 5.00. The van der Waals surface area contributed by atoms with Crippen molar-refractivity contribution in [3.8, 4) is 0 Å². The molecule has 1 rings (SSSR count). The maximum atomic E-state index is 9.20. The molecule has 2 nitrogen and oxygen atoms in total. The van der Waals surface area contributed by atoms with Crippen molar-refractivity contribution in [1.29, 1.82) is 0 Å². The molecular weight excluding hydrogens is 140 g/mol. The molecular formula is C9H12O2. The summed E-state index contributed by atoms with van der Waals surface area (Å²) in [5.74, 6) is 1.05. The van der Waals surface area contributed by atoms with Crippen molar-refractivity contribution in [3.05, 3.63) is 35.3 Å². The molecule has 0 fully saturated rings. The van der Waals surface area contributed by atoms with Crippen molar-refractivity contribution in [2.24, 2.45) is 0 Å². The van der Waals surface area contributed by atoms with Crippen LogP contribution in [0.25, 0.3) is 0 Å². The lowest BCUT2D eigenvalue weighted by Crippen LogP contribution is -1.83. The molecule has 0 spiro atoms. The first-order valence-electron chi connectivity index (χ1n) is 3.54. The Morgan fingerprint density at radius 3 is 2.82 bits per heavy atom. The van der Waals surface area contributed by atoms with Gasteiger partial charge in [0.2, 0.25) is 0 Å². The Labute approximate surface area is 66.5 Å². The minimum absolute atomic E-state index is 0.343. The van der Waals surface area contributed by atoms with Crippen LogP contribution in [-0.2, 0) is 4.74 Å². The van der Waals surface area contributed by atoms with Gasteiger partial charge in [-0.1, -0.05) is 11.6 Å². The number of aliphatic hydroxyl groups is 1. The highest BCUT2D eigenvalue weighted by Crippen LogP contribution is 2.14. The third kappa shape index (κ3) is 2.15. The molecule has 0 atom stereocenters. The smallest absolute Gasteiger partial charge is 0.122 e. The van der Waals surface area contributed by atoms with Gasteiger partial charge in [-0.3, -0.25) is 0 Å². The summed E-state index contributed by atoms with van der Waals surface area (Å²) >= 11 is 0. The highest BCUT2D eigenvalue weighted by molar-refractivity contribution is 5.30. The first-order chi connectivity index (χ1) is 5.22. The summed E-state index contributed by atoms with van der Waals surface area (Å²) in [5.41, 5.74) is 1.11. The molecule has 1 aliphatic rings. The van der Waals surface area contributed by atoms with Gasteiger partial charge in [0, 0.05) is 12.5 Å². The zero-order valence-corrected chi connectivity index (χ0v) is 6.79. The van der Waals surface area contributed by atoms with Crippen LogP contribution in [0.1, 0.15) is 13.3 Å². The molecule has 60 valence electrons. The second-order valence-corrected chi connectivity index (χ2v) is 2.54. The molecule has 0 saturated carbocycles. The first kappa shape index (κ1) is 7.92. The quantitative estimate of drug-likeness (QED) is 0.624. The van der Waals surface area contributed by atoms with E-state index >= 15 is 0 Å². The van der Waals surface area contributed by atoms with Crippen LogP contribution in [0.5, 0.6) is 0 Å². The van der Waals surface area contributed by atoms with Crippen molar-refractivity contribution in [3.63, 3.8) is 0 Å². The molecule has 1 N–H and O–H groups in total. The van der Waals surface area contributed by atoms with Gasteiger partial charge in [-0.15, -0.1) is 0 Å². The normalized spacial score (nSPS) is 17.8. The molecule has 0 unspecified atom stereocenters. The number of allylic oxidation sites excluding steroid dienone is 4. The van der Waals surface area contributed by atoms with E-state index in [1.165, 1.54) is 0 Å². The van der Waals surface area contributed by atoms with Crippen LogP contribution in [-0.4, -0.2) is 12.2 Å². The highest BCUT2D eigenvalue weighted by atomic mass is 16.5. The van der Waals surface area contributed by atoms with E-state index in [4.69, 9.17) is 4.74 Å². The van der Waals surface area contributed by atoms with E-state index in [2.05, 4.69) is 0 Å². The fourth-order valence-corrected chi connectivity index (χ4v) is 0.932. The van der Waals surface area contributed by atoms with Crippen molar-refractivity contribution < 1.29 is 9.84 Å². The minimum Gasteiger partial charge on any atom is -0.512 e. The molecule has 2 heteroatoms. The van der Waals surface area contributed by atoms with Crippen molar-refractivity contribution in [2.75, 3.05) is 7.11 Å². The lowest BCUT2D eigenvalue weighted by molar-refractivity contribution is 0.301. The molecule has 0 aromatic heterocycles. The summed E-state index contributed by atoms with van der Waals surface area (Å²) in [6, 6.07) is 0. The predicted molar refractivity (Wildman–Crippen MR) is 44.2 cm³/mol. The molecule has 1 aliphatic carbocycles. The molecule has 0 heterocycles. The standard InChI is InChI=1S/C9H12O2/c1-7-3-4-8(10)6-9(5-7)11-2/h3,5-6,10H,4H2,1-2H3. The van der Waals surface area contributed by atoms with Crippen LogP contribution in [0.15, 0.2) is 35.3 Å². The SMILES string of the molecule is COC1=CC(C)=CCC(O)=C1. The summed E-state index contributed by atoms with van der Waals surface area (Å²) in [6.07, 6.45) is 6.07. The lowest BCUT2D eigenvalue weighted by Gasteiger charge is -1.98. The summed E-state index contributed by atoms with van der Waals surface area (Å²) in [5, 5.41) is 9.20. The molecule has 0 radical (unpaired) electrons. The van der Waals surface area contributed by atoms with Gasteiger partial charge in [0.15, 0.2) is 0 Å². The summed E-state index contributed by atoms with van der Waals surface area (Å²) in [4.78, 5) is 0. The zero-order valence-electron chi connectivity index (χ0n) is 6.79. The van der Waals surface area contributed by atoms with Crippen LogP contribution < -0.4 is 0 Å². The van der Waals surface area contributed by atoms with Crippen LogP contribution in [0.3, 0.4) is 0 Å². The van der Waals surface area contributed by atoms with E-state index in [1.54, 1.807) is 13.2 Å². The van der Waals surface area contributed by atoms with Gasteiger partial charge in [-0.25, -0.2) is 0 Å². The first-order valence-corrected chi connectivity index (χ1v) is 3.54. The lowest BCUT2D eigenvalue weighted by atomic mass is 10.2. The van der Waals surface area contributed by atoms with Crippen LogP contribution in [0, 0.1) is 0 Å². The predicted octanol–water partition coefficient (Wildman–Crippen LogP) is 2.31. The number of hydrogen-bond acceptors (Lipinski definition) is 2. The van der Waals surface area contributed by atoms with Gasteiger partial charge in [0.25, 0.3) is 0 Å². The topological polar surface area (TPSA) is 29.5 Å². The number of methoxy groups -OCH3 is 1. The maximum Gasteiger partial charge on any atom is 0.122 e. The second-order valence-electron chi connectivity index (χ2n) is 2.54. The fourth-order valence-electron chi connectivity index (χ4n) is 0.932. The third-order valence-electron chi connectivity index (χ3n) is 1.55. The van der Waals surface area contributed by atoms with Crippen molar-refractivity contribution in [2.45, 2.75) is 13.3 Å². The highest BCUT2D eigenvalue weighted by Gasteiger charge is 2.00. The Balaban J connectivity index is 2.89. The van der Waals surface area contributed by atoms with E-state index in [9.17, 15) is 5.11 Å². The Hall–Kier alpha value is -1.18. The molecule has 11 heavy (non-hydrogen) atoms.